The average Bonchev–Trinajstić information content (AvgIpc) is 3.15. The van der Waals surface area contributed by atoms with Crippen LogP contribution in [-0.2, 0) is 0 Å². The van der Waals surface area contributed by atoms with Gasteiger partial charge in [0.05, 0.1) is 10.6 Å². The smallest absolute Gasteiger partial charge is 0.261 e. The minimum atomic E-state index is -0.117. The van der Waals surface area contributed by atoms with Gasteiger partial charge in [0.2, 0.25) is 5.95 Å². The number of nitrogens with zero attached hydrogens (tertiary/aromatic N) is 3. The Hall–Kier alpha value is -2.71. The molecule has 3 aromatic rings. The SMILES string of the molecule is CCNC(=O)c1cc2c(-c3cccc(OCCN(CC)CC)c3)nc(N)nc2s1. The van der Waals surface area contributed by atoms with E-state index in [1.807, 2.05) is 37.3 Å². The van der Waals surface area contributed by atoms with Crippen LogP contribution in [0.3, 0.4) is 0 Å². The molecule has 7 nitrogen and oxygen atoms in total. The second-order valence-electron chi connectivity index (χ2n) is 6.52. The lowest BCUT2D eigenvalue weighted by Gasteiger charge is -2.18. The summed E-state index contributed by atoms with van der Waals surface area (Å²) in [5.41, 5.74) is 7.52. The van der Waals surface area contributed by atoms with Gasteiger partial charge in [-0.3, -0.25) is 4.79 Å². The van der Waals surface area contributed by atoms with Crippen molar-refractivity contribution >= 4 is 33.4 Å². The number of hydrogen-bond donors (Lipinski definition) is 2. The maximum Gasteiger partial charge on any atom is 0.261 e. The first-order valence-corrected chi connectivity index (χ1v) is 10.7. The predicted octanol–water partition coefficient (Wildman–Crippen LogP) is 3.41. The van der Waals surface area contributed by atoms with Gasteiger partial charge in [-0.1, -0.05) is 26.0 Å². The molecule has 0 aliphatic carbocycles. The molecular weight excluding hydrogens is 386 g/mol. The number of nitrogens with one attached hydrogen (secondary N) is 1. The third-order valence-corrected chi connectivity index (χ3v) is 5.68. The Bertz CT molecular complexity index is 984. The van der Waals surface area contributed by atoms with Gasteiger partial charge in [0.1, 0.15) is 17.2 Å². The van der Waals surface area contributed by atoms with Crippen molar-refractivity contribution in [2.24, 2.45) is 0 Å². The summed E-state index contributed by atoms with van der Waals surface area (Å²) in [4.78, 5) is 24.6. The maximum absolute atomic E-state index is 12.2. The number of fused-ring (bicyclic) bond motifs is 1. The van der Waals surface area contributed by atoms with Gasteiger partial charge in [-0.05, 0) is 38.2 Å². The first kappa shape index (κ1) is 21.0. The van der Waals surface area contributed by atoms with E-state index < -0.39 is 0 Å². The Morgan fingerprint density at radius 2 is 2.00 bits per heavy atom. The van der Waals surface area contributed by atoms with Crippen LogP contribution in [0, 0.1) is 0 Å². The molecule has 0 saturated heterocycles. The van der Waals surface area contributed by atoms with Crippen LogP contribution in [0.25, 0.3) is 21.5 Å². The van der Waals surface area contributed by atoms with Crippen molar-refractivity contribution in [2.75, 3.05) is 38.5 Å². The Kier molecular flexibility index (Phi) is 7.00. The monoisotopic (exact) mass is 413 g/mol. The molecular formula is C21H27N5O2S. The summed E-state index contributed by atoms with van der Waals surface area (Å²) in [5, 5.41) is 3.63. The second kappa shape index (κ2) is 9.67. The Morgan fingerprint density at radius 3 is 2.72 bits per heavy atom. The highest BCUT2D eigenvalue weighted by Crippen LogP contribution is 2.33. The summed E-state index contributed by atoms with van der Waals surface area (Å²) >= 11 is 1.31. The van der Waals surface area contributed by atoms with E-state index in [4.69, 9.17) is 10.5 Å². The highest BCUT2D eigenvalue weighted by Gasteiger charge is 2.16. The van der Waals surface area contributed by atoms with Crippen LogP contribution in [0.1, 0.15) is 30.4 Å². The number of carbonyl (C=O) groups excluding carboxylic acids is 1. The Balaban J connectivity index is 1.88. The van der Waals surface area contributed by atoms with Gasteiger partial charge >= 0.3 is 0 Å². The molecule has 8 heteroatoms. The van der Waals surface area contributed by atoms with Crippen LogP contribution in [-0.4, -0.2) is 53.6 Å². The first-order chi connectivity index (χ1) is 14.0. The van der Waals surface area contributed by atoms with E-state index in [-0.39, 0.29) is 11.9 Å². The number of aromatic nitrogens is 2. The molecule has 0 saturated carbocycles. The fraction of sp³-hybridized carbons (Fsp3) is 0.381. The zero-order chi connectivity index (χ0) is 20.8. The van der Waals surface area contributed by atoms with E-state index in [2.05, 4.69) is 34.0 Å². The number of amides is 1. The van der Waals surface area contributed by atoms with Gasteiger partial charge in [-0.2, -0.15) is 0 Å². The summed E-state index contributed by atoms with van der Waals surface area (Å²) < 4.78 is 5.94. The standard InChI is InChI=1S/C21H27N5O2S/c1-4-23-19(27)17-13-16-18(24-21(22)25-20(16)29-17)14-8-7-9-15(12-14)28-11-10-26(5-2)6-3/h7-9,12-13H,4-6,10-11H2,1-3H3,(H,23,27)(H2,22,24,25). The fourth-order valence-electron chi connectivity index (χ4n) is 3.08. The zero-order valence-electron chi connectivity index (χ0n) is 17.1. The predicted molar refractivity (Wildman–Crippen MR) is 119 cm³/mol. The minimum absolute atomic E-state index is 0.117. The second-order valence-corrected chi connectivity index (χ2v) is 7.55. The molecule has 0 aliphatic rings. The molecule has 1 aromatic carbocycles. The fourth-order valence-corrected chi connectivity index (χ4v) is 4.04. The summed E-state index contributed by atoms with van der Waals surface area (Å²) in [6, 6.07) is 9.60. The summed E-state index contributed by atoms with van der Waals surface area (Å²) in [7, 11) is 0. The first-order valence-electron chi connectivity index (χ1n) is 9.86. The van der Waals surface area contributed by atoms with Gasteiger partial charge in [0, 0.05) is 24.0 Å². The molecule has 2 heterocycles. The molecule has 0 radical (unpaired) electrons. The molecule has 0 spiro atoms. The van der Waals surface area contributed by atoms with Gasteiger partial charge in [0.25, 0.3) is 5.91 Å². The topological polar surface area (TPSA) is 93.4 Å². The number of likely N-dealkylation sites (N-methyl/N-ethyl adjacent to an activating group) is 1. The Morgan fingerprint density at radius 1 is 1.21 bits per heavy atom. The van der Waals surface area contributed by atoms with Crippen molar-refractivity contribution in [1.29, 1.82) is 0 Å². The molecule has 2 aromatic heterocycles. The lowest BCUT2D eigenvalue weighted by molar-refractivity contribution is 0.0960. The molecule has 0 unspecified atom stereocenters. The van der Waals surface area contributed by atoms with Crippen molar-refractivity contribution in [3.05, 3.63) is 35.2 Å². The van der Waals surface area contributed by atoms with Gasteiger partial charge < -0.3 is 20.7 Å². The van der Waals surface area contributed by atoms with Crippen LogP contribution in [0.4, 0.5) is 5.95 Å². The third kappa shape index (κ3) is 5.02. The number of thiophene rings is 1. The number of carbonyl (C=O) groups is 1. The van der Waals surface area contributed by atoms with Crippen LogP contribution < -0.4 is 15.8 Å². The molecule has 0 aliphatic heterocycles. The number of nitrogens with two attached hydrogens (primary N) is 1. The molecule has 3 N–H and O–H groups in total. The molecule has 0 atom stereocenters. The molecule has 0 bridgehead atoms. The highest BCUT2D eigenvalue weighted by molar-refractivity contribution is 7.20. The van der Waals surface area contributed by atoms with Crippen molar-refractivity contribution in [3.8, 4) is 17.0 Å². The lowest BCUT2D eigenvalue weighted by Crippen LogP contribution is -2.27. The lowest BCUT2D eigenvalue weighted by atomic mass is 10.1. The third-order valence-electron chi connectivity index (χ3n) is 4.65. The van der Waals surface area contributed by atoms with Crippen LogP contribution in [0.2, 0.25) is 0 Å². The van der Waals surface area contributed by atoms with Crippen molar-refractivity contribution in [3.63, 3.8) is 0 Å². The van der Waals surface area contributed by atoms with E-state index in [0.29, 0.717) is 28.6 Å². The van der Waals surface area contributed by atoms with E-state index in [9.17, 15) is 4.79 Å². The highest BCUT2D eigenvalue weighted by atomic mass is 32.1. The molecule has 3 rings (SSSR count). The Labute approximate surface area is 174 Å². The van der Waals surface area contributed by atoms with E-state index in [1.54, 1.807) is 0 Å². The molecule has 0 fully saturated rings. The molecule has 29 heavy (non-hydrogen) atoms. The number of ether oxygens (including phenoxy) is 1. The zero-order valence-corrected chi connectivity index (χ0v) is 17.9. The normalized spacial score (nSPS) is 11.2. The molecule has 1 amide bonds. The summed E-state index contributed by atoms with van der Waals surface area (Å²) in [6.07, 6.45) is 0. The molecule has 154 valence electrons. The van der Waals surface area contributed by atoms with Crippen LogP contribution in [0.15, 0.2) is 30.3 Å². The summed E-state index contributed by atoms with van der Waals surface area (Å²) in [6.45, 7) is 10.2. The minimum Gasteiger partial charge on any atom is -0.492 e. The summed E-state index contributed by atoms with van der Waals surface area (Å²) in [5.74, 6) is 0.845. The number of hydrogen-bond acceptors (Lipinski definition) is 7. The van der Waals surface area contributed by atoms with E-state index in [1.165, 1.54) is 11.3 Å². The van der Waals surface area contributed by atoms with Crippen molar-refractivity contribution in [1.82, 2.24) is 20.2 Å². The largest absolute Gasteiger partial charge is 0.492 e. The quantitative estimate of drug-likeness (QED) is 0.558. The van der Waals surface area contributed by atoms with Crippen LogP contribution in [0.5, 0.6) is 5.75 Å². The number of rotatable bonds is 9. The van der Waals surface area contributed by atoms with Gasteiger partial charge in [0.15, 0.2) is 0 Å². The van der Waals surface area contributed by atoms with Crippen molar-refractivity contribution < 1.29 is 9.53 Å². The average molecular weight is 414 g/mol. The number of benzene rings is 1. The van der Waals surface area contributed by atoms with Crippen LogP contribution >= 0.6 is 11.3 Å². The number of nitrogen functional groups attached to an aromatic ring is 1. The van der Waals surface area contributed by atoms with E-state index >= 15 is 0 Å². The van der Waals surface area contributed by atoms with Gasteiger partial charge in [-0.25, -0.2) is 9.97 Å². The maximum atomic E-state index is 12.2. The van der Waals surface area contributed by atoms with E-state index in [0.717, 1.165) is 36.3 Å². The van der Waals surface area contributed by atoms with Crippen molar-refractivity contribution in [2.45, 2.75) is 20.8 Å². The van der Waals surface area contributed by atoms with Gasteiger partial charge in [-0.15, -0.1) is 11.3 Å². The number of anilines is 1.